The lowest BCUT2D eigenvalue weighted by molar-refractivity contribution is -0.153. The number of carbonyl (C=O) groups is 1. The summed E-state index contributed by atoms with van der Waals surface area (Å²) in [6.45, 7) is 4.71. The molecular formula is C10H19ClF2N2O. The summed E-state index contributed by atoms with van der Waals surface area (Å²) in [5.74, 6) is -4.46. The summed E-state index contributed by atoms with van der Waals surface area (Å²) < 4.78 is 26.9. The quantitative estimate of drug-likeness (QED) is 0.831. The molecule has 0 radical (unpaired) electrons. The lowest BCUT2D eigenvalue weighted by Gasteiger charge is -2.34. The van der Waals surface area contributed by atoms with Crippen LogP contribution in [-0.2, 0) is 4.79 Å². The predicted molar refractivity (Wildman–Crippen MR) is 61.1 cm³/mol. The van der Waals surface area contributed by atoms with Crippen molar-refractivity contribution in [2.45, 2.75) is 26.2 Å². The number of halogens is 3. The largest absolute Gasteiger partial charge is 0.343 e. The number of nitrogens with one attached hydrogen (secondary N) is 1. The highest BCUT2D eigenvalue weighted by atomic mass is 35.5. The second-order valence-corrected chi connectivity index (χ2v) is 3.79. The maximum Gasteiger partial charge on any atom is 0.271 e. The monoisotopic (exact) mass is 256 g/mol. The molecular weight excluding hydrogens is 238 g/mol. The van der Waals surface area contributed by atoms with Crippen LogP contribution in [0.25, 0.3) is 0 Å². The molecule has 3 nitrogen and oxygen atoms in total. The summed E-state index contributed by atoms with van der Waals surface area (Å²) >= 11 is 0. The van der Waals surface area contributed by atoms with E-state index >= 15 is 0 Å². The van der Waals surface area contributed by atoms with Gasteiger partial charge >= 0.3 is 0 Å². The van der Waals surface area contributed by atoms with Gasteiger partial charge in [-0.15, -0.1) is 12.4 Å². The summed E-state index contributed by atoms with van der Waals surface area (Å²) in [5.41, 5.74) is 0. The predicted octanol–water partition coefficient (Wildman–Crippen LogP) is 1.52. The minimum absolute atomic E-state index is 0. The molecule has 1 fully saturated rings. The van der Waals surface area contributed by atoms with Crippen LogP contribution in [0, 0.1) is 5.92 Å². The Labute approximate surface area is 101 Å². The van der Waals surface area contributed by atoms with Gasteiger partial charge in [0.15, 0.2) is 0 Å². The van der Waals surface area contributed by atoms with E-state index < -0.39 is 17.7 Å². The number of amides is 1. The van der Waals surface area contributed by atoms with Gasteiger partial charge in [-0.3, -0.25) is 4.79 Å². The Balaban J connectivity index is 0.00000225. The Bertz CT molecular complexity index is 235. The van der Waals surface area contributed by atoms with Crippen molar-refractivity contribution in [3.8, 4) is 0 Å². The van der Waals surface area contributed by atoms with Crippen molar-refractivity contribution in [1.29, 1.82) is 0 Å². The molecule has 1 amide bonds. The van der Waals surface area contributed by atoms with Gasteiger partial charge in [0.2, 0.25) is 5.91 Å². The molecule has 1 saturated heterocycles. The van der Waals surface area contributed by atoms with Gasteiger partial charge in [-0.2, -0.15) is 0 Å². The van der Waals surface area contributed by atoms with E-state index in [9.17, 15) is 13.6 Å². The van der Waals surface area contributed by atoms with E-state index in [-0.39, 0.29) is 25.4 Å². The molecule has 96 valence electrons. The van der Waals surface area contributed by atoms with Crippen molar-refractivity contribution >= 4 is 18.3 Å². The first-order chi connectivity index (χ1) is 7.03. The van der Waals surface area contributed by atoms with E-state index in [4.69, 9.17) is 0 Å². The second kappa shape index (κ2) is 6.35. The number of carbonyl (C=O) groups excluding carboxylic acids is 1. The molecule has 1 unspecified atom stereocenters. The van der Waals surface area contributed by atoms with Crippen LogP contribution in [0.2, 0.25) is 0 Å². The molecule has 16 heavy (non-hydrogen) atoms. The third-order valence-corrected chi connectivity index (χ3v) is 2.85. The van der Waals surface area contributed by atoms with Crippen molar-refractivity contribution < 1.29 is 13.6 Å². The molecule has 1 aliphatic heterocycles. The van der Waals surface area contributed by atoms with Crippen molar-refractivity contribution in [3.05, 3.63) is 0 Å². The van der Waals surface area contributed by atoms with Crippen LogP contribution in [0.5, 0.6) is 0 Å². The van der Waals surface area contributed by atoms with Gasteiger partial charge in [0.1, 0.15) is 5.92 Å². The highest BCUT2D eigenvalue weighted by molar-refractivity contribution is 5.85. The number of hydrogen-bond acceptors (Lipinski definition) is 2. The summed E-state index contributed by atoms with van der Waals surface area (Å²) in [6, 6.07) is 0. The van der Waals surface area contributed by atoms with Crippen LogP contribution >= 0.6 is 12.4 Å². The van der Waals surface area contributed by atoms with E-state index in [1.54, 1.807) is 13.8 Å². The Morgan fingerprint density at radius 2 is 2.00 bits per heavy atom. The number of rotatable bonds is 3. The third-order valence-electron chi connectivity index (χ3n) is 2.85. The van der Waals surface area contributed by atoms with E-state index in [0.29, 0.717) is 19.6 Å². The highest BCUT2D eigenvalue weighted by Gasteiger charge is 2.46. The van der Waals surface area contributed by atoms with E-state index in [1.807, 2.05) is 0 Å². The number of piperidine rings is 1. The second-order valence-electron chi connectivity index (χ2n) is 3.79. The topological polar surface area (TPSA) is 32.3 Å². The van der Waals surface area contributed by atoms with Crippen LogP contribution in [0.3, 0.4) is 0 Å². The van der Waals surface area contributed by atoms with Gasteiger partial charge in [-0.25, -0.2) is 8.78 Å². The first kappa shape index (κ1) is 15.6. The molecule has 0 bridgehead atoms. The molecule has 1 rings (SSSR count). The van der Waals surface area contributed by atoms with Gasteiger partial charge in [-0.05, 0) is 26.8 Å². The Morgan fingerprint density at radius 1 is 1.44 bits per heavy atom. The smallest absolute Gasteiger partial charge is 0.271 e. The summed E-state index contributed by atoms with van der Waals surface area (Å²) in [6.07, 6.45) is 0.225. The molecule has 0 aromatic carbocycles. The molecule has 0 aromatic heterocycles. The first-order valence-electron chi connectivity index (χ1n) is 5.40. The zero-order valence-electron chi connectivity index (χ0n) is 9.63. The Hall–Kier alpha value is -0.420. The van der Waals surface area contributed by atoms with Gasteiger partial charge in [-0.1, -0.05) is 0 Å². The number of alkyl halides is 2. The molecule has 0 aliphatic carbocycles. The average Bonchev–Trinajstić information content (AvgIpc) is 2.18. The van der Waals surface area contributed by atoms with Crippen LogP contribution in [-0.4, -0.2) is 42.9 Å². The van der Waals surface area contributed by atoms with Gasteiger partial charge < -0.3 is 10.2 Å². The van der Waals surface area contributed by atoms with E-state index in [2.05, 4.69) is 5.32 Å². The Kier molecular flexibility index (Phi) is 6.18. The van der Waals surface area contributed by atoms with Crippen molar-refractivity contribution in [1.82, 2.24) is 10.2 Å². The van der Waals surface area contributed by atoms with Crippen molar-refractivity contribution in [2.24, 2.45) is 5.92 Å². The molecule has 0 saturated carbocycles. The van der Waals surface area contributed by atoms with E-state index in [0.717, 1.165) is 0 Å². The summed E-state index contributed by atoms with van der Waals surface area (Å²) in [4.78, 5) is 13.3. The van der Waals surface area contributed by atoms with Crippen LogP contribution < -0.4 is 5.32 Å². The molecule has 6 heteroatoms. The Morgan fingerprint density at radius 3 is 2.44 bits per heavy atom. The summed E-state index contributed by atoms with van der Waals surface area (Å²) in [5, 5.41) is 2.61. The van der Waals surface area contributed by atoms with Crippen LogP contribution in [0.15, 0.2) is 0 Å². The maximum absolute atomic E-state index is 13.4. The minimum Gasteiger partial charge on any atom is -0.343 e. The van der Waals surface area contributed by atoms with Crippen LogP contribution in [0.4, 0.5) is 8.78 Å². The van der Waals surface area contributed by atoms with Crippen molar-refractivity contribution in [2.75, 3.05) is 26.2 Å². The normalized spacial score (nSPS) is 23.4. The number of nitrogens with zero attached hydrogens (tertiary/aromatic N) is 1. The SMILES string of the molecule is CCN(CC)C(=O)C1CCNCC1(F)F.Cl. The lowest BCUT2D eigenvalue weighted by Crippen LogP contribution is -2.53. The molecule has 1 heterocycles. The maximum atomic E-state index is 13.4. The molecule has 1 atom stereocenters. The third kappa shape index (κ3) is 3.28. The van der Waals surface area contributed by atoms with Crippen molar-refractivity contribution in [3.63, 3.8) is 0 Å². The fourth-order valence-corrected chi connectivity index (χ4v) is 1.90. The fraction of sp³-hybridized carbons (Fsp3) is 0.900. The molecule has 0 spiro atoms. The lowest BCUT2D eigenvalue weighted by atomic mass is 9.92. The number of hydrogen-bond donors (Lipinski definition) is 1. The summed E-state index contributed by atoms with van der Waals surface area (Å²) in [7, 11) is 0. The molecule has 0 aromatic rings. The molecule has 1 aliphatic rings. The minimum atomic E-state index is -2.90. The average molecular weight is 257 g/mol. The van der Waals surface area contributed by atoms with Gasteiger partial charge in [0, 0.05) is 13.1 Å². The fourth-order valence-electron chi connectivity index (χ4n) is 1.90. The van der Waals surface area contributed by atoms with Crippen LogP contribution in [0.1, 0.15) is 20.3 Å². The molecule has 1 N–H and O–H groups in total. The van der Waals surface area contributed by atoms with Gasteiger partial charge in [0.25, 0.3) is 5.92 Å². The van der Waals surface area contributed by atoms with Gasteiger partial charge in [0.05, 0.1) is 6.54 Å². The van der Waals surface area contributed by atoms with E-state index in [1.165, 1.54) is 4.90 Å². The zero-order chi connectivity index (χ0) is 11.5. The standard InChI is InChI=1S/C10H18F2N2O.ClH/c1-3-14(4-2)9(15)8-5-6-13-7-10(8,11)12;/h8,13H,3-7H2,1-2H3;1H. The highest BCUT2D eigenvalue weighted by Crippen LogP contribution is 2.30. The first-order valence-corrected chi connectivity index (χ1v) is 5.40. The zero-order valence-corrected chi connectivity index (χ0v) is 10.4.